The van der Waals surface area contributed by atoms with Crippen LogP contribution in [0.2, 0.25) is 10.0 Å². The second-order valence-corrected chi connectivity index (χ2v) is 7.09. The summed E-state index contributed by atoms with van der Waals surface area (Å²) in [4.78, 5) is 15.1. The van der Waals surface area contributed by atoms with Gasteiger partial charge in [0.2, 0.25) is 0 Å². The fourth-order valence-electron chi connectivity index (χ4n) is 2.22. The van der Waals surface area contributed by atoms with Gasteiger partial charge in [0, 0.05) is 27.4 Å². The van der Waals surface area contributed by atoms with Crippen molar-refractivity contribution in [2.45, 2.75) is 13.0 Å². The molecule has 1 heterocycles. The van der Waals surface area contributed by atoms with Gasteiger partial charge in [-0.3, -0.25) is 0 Å². The Bertz CT molecular complexity index is 894. The van der Waals surface area contributed by atoms with E-state index in [1.54, 1.807) is 18.2 Å². The van der Waals surface area contributed by atoms with E-state index in [4.69, 9.17) is 33.0 Å². The van der Waals surface area contributed by atoms with Gasteiger partial charge >= 0.3 is 5.97 Å². The van der Waals surface area contributed by atoms with E-state index in [0.29, 0.717) is 33.8 Å². The summed E-state index contributed by atoms with van der Waals surface area (Å²) in [6, 6.07) is 12.8. The van der Waals surface area contributed by atoms with Gasteiger partial charge in [0.15, 0.2) is 5.69 Å². The molecule has 1 N–H and O–H groups in total. The van der Waals surface area contributed by atoms with Crippen LogP contribution in [0.1, 0.15) is 26.6 Å². The van der Waals surface area contributed by atoms with Gasteiger partial charge < -0.3 is 9.84 Å². The molecule has 0 amide bonds. The Balaban J connectivity index is 1.77. The third-order valence-corrected chi connectivity index (χ3v) is 4.78. The predicted molar refractivity (Wildman–Crippen MR) is 99.1 cm³/mol. The number of hydrogen-bond donors (Lipinski definition) is 1. The number of carboxylic acids is 1. The quantitative estimate of drug-likeness (QED) is 0.615. The second kappa shape index (κ2) is 7.87. The maximum atomic E-state index is 11.0. The Morgan fingerprint density at radius 2 is 1.84 bits per heavy atom. The van der Waals surface area contributed by atoms with Crippen LogP contribution >= 0.6 is 34.5 Å². The highest BCUT2D eigenvalue weighted by Crippen LogP contribution is 2.27. The average molecular weight is 394 g/mol. The van der Waals surface area contributed by atoms with E-state index in [0.717, 1.165) is 11.1 Å². The number of carbonyl (C=O) groups is 1. The number of nitrogens with zero attached hydrogens (tertiary/aromatic N) is 1. The molecule has 0 aliphatic carbocycles. The summed E-state index contributed by atoms with van der Waals surface area (Å²) in [5.41, 5.74) is 1.89. The summed E-state index contributed by atoms with van der Waals surface area (Å²) >= 11 is 13.3. The lowest BCUT2D eigenvalue weighted by Gasteiger charge is -2.11. The molecule has 0 fully saturated rings. The largest absolute Gasteiger partial charge is 0.489 e. The van der Waals surface area contributed by atoms with Crippen molar-refractivity contribution in [2.24, 2.45) is 0 Å². The SMILES string of the molecule is O=C(O)c1csc(Cc2cc(Cl)ccc2OCc2ccc(Cl)cc2)n1. The van der Waals surface area contributed by atoms with E-state index in [1.807, 2.05) is 24.3 Å². The first-order valence-electron chi connectivity index (χ1n) is 7.34. The lowest BCUT2D eigenvalue weighted by atomic mass is 10.1. The molecule has 0 unspecified atom stereocenters. The van der Waals surface area contributed by atoms with E-state index >= 15 is 0 Å². The summed E-state index contributed by atoms with van der Waals surface area (Å²) in [6.45, 7) is 0.393. The van der Waals surface area contributed by atoms with E-state index in [2.05, 4.69) is 4.98 Å². The molecular formula is C18H13Cl2NO3S. The summed E-state index contributed by atoms with van der Waals surface area (Å²) in [7, 11) is 0. The Hall–Kier alpha value is -2.08. The number of aromatic carboxylic acids is 1. The molecular weight excluding hydrogens is 381 g/mol. The number of halogens is 2. The molecule has 0 aliphatic rings. The fourth-order valence-corrected chi connectivity index (χ4v) is 3.33. The Morgan fingerprint density at radius 1 is 1.12 bits per heavy atom. The van der Waals surface area contributed by atoms with Crippen LogP contribution in [0.5, 0.6) is 5.75 Å². The Kier molecular flexibility index (Phi) is 5.58. The molecule has 0 aliphatic heterocycles. The average Bonchev–Trinajstić information content (AvgIpc) is 3.04. The van der Waals surface area contributed by atoms with Crippen LogP contribution in [0.3, 0.4) is 0 Å². The number of hydrogen-bond acceptors (Lipinski definition) is 4. The molecule has 0 atom stereocenters. The highest BCUT2D eigenvalue weighted by molar-refractivity contribution is 7.09. The topological polar surface area (TPSA) is 59.4 Å². The standard InChI is InChI=1S/C18H13Cl2NO3S/c19-13-3-1-11(2-4-13)9-24-16-6-5-14(20)7-12(16)8-17-21-15(10-25-17)18(22)23/h1-7,10H,8-9H2,(H,22,23). The minimum absolute atomic E-state index is 0.0469. The van der Waals surface area contributed by atoms with E-state index in [1.165, 1.54) is 16.7 Å². The zero-order valence-electron chi connectivity index (χ0n) is 12.9. The van der Waals surface area contributed by atoms with E-state index in [-0.39, 0.29) is 5.69 Å². The molecule has 0 radical (unpaired) electrons. The van der Waals surface area contributed by atoms with Crippen LogP contribution in [0.25, 0.3) is 0 Å². The maximum Gasteiger partial charge on any atom is 0.355 e. The van der Waals surface area contributed by atoms with E-state index in [9.17, 15) is 4.79 Å². The summed E-state index contributed by atoms with van der Waals surface area (Å²) in [5, 5.41) is 12.5. The first-order valence-corrected chi connectivity index (χ1v) is 8.98. The molecule has 128 valence electrons. The molecule has 25 heavy (non-hydrogen) atoms. The van der Waals surface area contributed by atoms with E-state index < -0.39 is 5.97 Å². The molecule has 0 saturated carbocycles. The van der Waals surface area contributed by atoms with Crippen molar-refractivity contribution >= 4 is 40.5 Å². The minimum atomic E-state index is -1.03. The van der Waals surface area contributed by atoms with Crippen LogP contribution in [0.15, 0.2) is 47.8 Å². The van der Waals surface area contributed by atoms with Crippen molar-refractivity contribution in [1.82, 2.24) is 4.98 Å². The van der Waals surface area contributed by atoms with Crippen LogP contribution in [-0.2, 0) is 13.0 Å². The molecule has 3 aromatic rings. The highest BCUT2D eigenvalue weighted by Gasteiger charge is 2.12. The number of ether oxygens (including phenoxy) is 1. The van der Waals surface area contributed by atoms with Crippen molar-refractivity contribution in [1.29, 1.82) is 0 Å². The highest BCUT2D eigenvalue weighted by atomic mass is 35.5. The van der Waals surface area contributed by atoms with Gasteiger partial charge in [-0.2, -0.15) is 0 Å². The van der Waals surface area contributed by atoms with Crippen LogP contribution in [0, 0.1) is 0 Å². The minimum Gasteiger partial charge on any atom is -0.489 e. The van der Waals surface area contributed by atoms with Gasteiger partial charge in [-0.15, -0.1) is 11.3 Å². The summed E-state index contributed by atoms with van der Waals surface area (Å²) < 4.78 is 5.90. The predicted octanol–water partition coefficient (Wildman–Crippen LogP) is 5.32. The van der Waals surface area contributed by atoms with Crippen molar-refractivity contribution in [3.8, 4) is 5.75 Å². The lowest BCUT2D eigenvalue weighted by Crippen LogP contribution is -2.00. The molecule has 3 rings (SSSR count). The van der Waals surface area contributed by atoms with Crippen LogP contribution < -0.4 is 4.74 Å². The number of thiazole rings is 1. The van der Waals surface area contributed by atoms with Gasteiger partial charge in [-0.05, 0) is 35.9 Å². The maximum absolute atomic E-state index is 11.0. The molecule has 0 bridgehead atoms. The summed E-state index contributed by atoms with van der Waals surface area (Å²) in [6.07, 6.45) is 0.453. The molecule has 0 spiro atoms. The number of aromatic nitrogens is 1. The Labute approximate surface area is 158 Å². The number of carboxylic acid groups (broad SMARTS) is 1. The fraction of sp³-hybridized carbons (Fsp3) is 0.111. The first-order chi connectivity index (χ1) is 12.0. The van der Waals surface area contributed by atoms with Crippen LogP contribution in [-0.4, -0.2) is 16.1 Å². The molecule has 4 nitrogen and oxygen atoms in total. The first kappa shape index (κ1) is 17.7. The normalized spacial score (nSPS) is 10.6. The molecule has 1 aromatic heterocycles. The van der Waals surface area contributed by atoms with Gasteiger partial charge in [0.1, 0.15) is 12.4 Å². The molecule has 7 heteroatoms. The second-order valence-electron chi connectivity index (χ2n) is 5.28. The van der Waals surface area contributed by atoms with Gasteiger partial charge in [-0.25, -0.2) is 9.78 Å². The third-order valence-electron chi connectivity index (χ3n) is 3.44. The van der Waals surface area contributed by atoms with Gasteiger partial charge in [-0.1, -0.05) is 35.3 Å². The van der Waals surface area contributed by atoms with Crippen molar-refractivity contribution < 1.29 is 14.6 Å². The van der Waals surface area contributed by atoms with Crippen molar-refractivity contribution in [3.05, 3.63) is 79.7 Å². The van der Waals surface area contributed by atoms with Gasteiger partial charge in [0.25, 0.3) is 0 Å². The lowest BCUT2D eigenvalue weighted by molar-refractivity contribution is 0.0691. The Morgan fingerprint density at radius 3 is 2.52 bits per heavy atom. The molecule has 0 saturated heterocycles. The zero-order chi connectivity index (χ0) is 17.8. The monoisotopic (exact) mass is 393 g/mol. The number of benzene rings is 2. The number of rotatable bonds is 6. The van der Waals surface area contributed by atoms with Crippen LogP contribution in [0.4, 0.5) is 0 Å². The van der Waals surface area contributed by atoms with Gasteiger partial charge in [0.05, 0.1) is 5.01 Å². The molecule has 2 aromatic carbocycles. The summed E-state index contributed by atoms with van der Waals surface area (Å²) in [5.74, 6) is -0.348. The van der Waals surface area contributed by atoms with Crippen molar-refractivity contribution in [2.75, 3.05) is 0 Å². The smallest absolute Gasteiger partial charge is 0.355 e. The van der Waals surface area contributed by atoms with Crippen molar-refractivity contribution in [3.63, 3.8) is 0 Å². The zero-order valence-corrected chi connectivity index (χ0v) is 15.2. The third kappa shape index (κ3) is 4.72.